The van der Waals surface area contributed by atoms with E-state index in [9.17, 15) is 13.2 Å². The number of hydrogen-bond donors (Lipinski definition) is 0. The lowest BCUT2D eigenvalue weighted by Crippen LogP contribution is -2.15. The van der Waals surface area contributed by atoms with Gasteiger partial charge in [0, 0.05) is 6.54 Å². The van der Waals surface area contributed by atoms with E-state index in [1.54, 1.807) is 0 Å². The molecule has 0 aliphatic rings. The van der Waals surface area contributed by atoms with Crippen LogP contribution in [0.5, 0.6) is 0 Å². The van der Waals surface area contributed by atoms with Crippen molar-refractivity contribution in [2.75, 3.05) is 0 Å². The SMILES string of the molecule is CCn1nnnc1C(F)(F)F. The van der Waals surface area contributed by atoms with Crippen LogP contribution in [0.4, 0.5) is 13.2 Å². The Balaban J connectivity index is 3.02. The van der Waals surface area contributed by atoms with Crippen LogP contribution < -0.4 is 0 Å². The highest BCUT2D eigenvalue weighted by atomic mass is 19.4. The lowest BCUT2D eigenvalue weighted by atomic mass is 10.6. The molecule has 0 atom stereocenters. The van der Waals surface area contributed by atoms with Crippen molar-refractivity contribution in [2.24, 2.45) is 0 Å². The number of aryl methyl sites for hydroxylation is 1. The van der Waals surface area contributed by atoms with Gasteiger partial charge in [-0.3, -0.25) is 0 Å². The maximum absolute atomic E-state index is 11.9. The number of rotatable bonds is 1. The second kappa shape index (κ2) is 2.48. The van der Waals surface area contributed by atoms with E-state index in [1.165, 1.54) is 6.92 Å². The molecule has 0 aliphatic heterocycles. The van der Waals surface area contributed by atoms with Crippen LogP contribution in [-0.2, 0) is 12.7 Å². The van der Waals surface area contributed by atoms with Crippen molar-refractivity contribution < 1.29 is 13.2 Å². The molecule has 0 fully saturated rings. The van der Waals surface area contributed by atoms with Crippen molar-refractivity contribution >= 4 is 0 Å². The first kappa shape index (κ1) is 7.96. The highest BCUT2D eigenvalue weighted by Gasteiger charge is 2.37. The molecule has 0 spiro atoms. The first-order valence-corrected chi connectivity index (χ1v) is 2.89. The molecule has 0 saturated carbocycles. The van der Waals surface area contributed by atoms with Crippen LogP contribution in [-0.4, -0.2) is 20.2 Å². The van der Waals surface area contributed by atoms with Gasteiger partial charge in [-0.05, 0) is 17.4 Å². The lowest BCUT2D eigenvalue weighted by molar-refractivity contribution is -0.147. The van der Waals surface area contributed by atoms with E-state index in [0.29, 0.717) is 4.68 Å². The van der Waals surface area contributed by atoms with Crippen LogP contribution in [0.2, 0.25) is 0 Å². The minimum Gasteiger partial charge on any atom is -0.222 e. The van der Waals surface area contributed by atoms with Gasteiger partial charge in [-0.1, -0.05) is 0 Å². The average molecular weight is 166 g/mol. The molecule has 0 aliphatic carbocycles. The van der Waals surface area contributed by atoms with Gasteiger partial charge in [0.05, 0.1) is 0 Å². The molecular weight excluding hydrogens is 161 g/mol. The van der Waals surface area contributed by atoms with Gasteiger partial charge < -0.3 is 0 Å². The van der Waals surface area contributed by atoms with E-state index in [1.807, 2.05) is 0 Å². The van der Waals surface area contributed by atoms with Gasteiger partial charge in [0.2, 0.25) is 0 Å². The Morgan fingerprint density at radius 3 is 2.45 bits per heavy atom. The number of hydrogen-bond acceptors (Lipinski definition) is 3. The topological polar surface area (TPSA) is 43.6 Å². The van der Waals surface area contributed by atoms with Crippen molar-refractivity contribution in [3.05, 3.63) is 5.82 Å². The predicted molar refractivity (Wildman–Crippen MR) is 28.5 cm³/mol. The normalized spacial score (nSPS) is 12.0. The smallest absolute Gasteiger partial charge is 0.222 e. The van der Waals surface area contributed by atoms with E-state index in [-0.39, 0.29) is 6.54 Å². The number of nitrogens with zero attached hydrogens (tertiary/aromatic N) is 4. The molecule has 0 radical (unpaired) electrons. The van der Waals surface area contributed by atoms with Crippen LogP contribution in [0.15, 0.2) is 0 Å². The Labute approximate surface area is 60.0 Å². The second-order valence-corrected chi connectivity index (χ2v) is 1.82. The molecular formula is C4H5F3N4. The van der Waals surface area contributed by atoms with Crippen LogP contribution >= 0.6 is 0 Å². The summed E-state index contributed by atoms with van der Waals surface area (Å²) in [6.07, 6.45) is -4.46. The maximum atomic E-state index is 11.9. The third-order valence-corrected chi connectivity index (χ3v) is 1.08. The Morgan fingerprint density at radius 1 is 1.45 bits per heavy atom. The largest absolute Gasteiger partial charge is 0.453 e. The summed E-state index contributed by atoms with van der Waals surface area (Å²) in [4.78, 5) is 0. The molecule has 11 heavy (non-hydrogen) atoms. The van der Waals surface area contributed by atoms with Crippen LogP contribution in [0.3, 0.4) is 0 Å². The maximum Gasteiger partial charge on any atom is 0.453 e. The third-order valence-electron chi connectivity index (χ3n) is 1.08. The number of alkyl halides is 3. The Morgan fingerprint density at radius 2 is 2.09 bits per heavy atom. The van der Waals surface area contributed by atoms with Gasteiger partial charge in [0.15, 0.2) is 0 Å². The molecule has 1 aromatic rings. The van der Waals surface area contributed by atoms with Crippen molar-refractivity contribution in [1.29, 1.82) is 0 Å². The fourth-order valence-corrected chi connectivity index (χ4v) is 0.621. The van der Waals surface area contributed by atoms with E-state index >= 15 is 0 Å². The fraction of sp³-hybridized carbons (Fsp3) is 0.750. The van der Waals surface area contributed by atoms with Crippen molar-refractivity contribution in [1.82, 2.24) is 20.2 Å². The van der Waals surface area contributed by atoms with Crippen molar-refractivity contribution in [3.8, 4) is 0 Å². The summed E-state index contributed by atoms with van der Waals surface area (Å²) in [6.45, 7) is 1.65. The second-order valence-electron chi connectivity index (χ2n) is 1.82. The molecule has 62 valence electrons. The summed E-state index contributed by atoms with van der Waals surface area (Å²) in [5, 5.41) is 8.87. The van der Waals surface area contributed by atoms with E-state index in [4.69, 9.17) is 0 Å². The molecule has 1 aromatic heterocycles. The van der Waals surface area contributed by atoms with Gasteiger partial charge >= 0.3 is 6.18 Å². The molecule has 0 aromatic carbocycles. The Kier molecular flexibility index (Phi) is 1.79. The van der Waals surface area contributed by atoms with Gasteiger partial charge in [0.25, 0.3) is 5.82 Å². The van der Waals surface area contributed by atoms with E-state index < -0.39 is 12.0 Å². The summed E-state index contributed by atoms with van der Waals surface area (Å²) >= 11 is 0. The molecule has 4 nitrogen and oxygen atoms in total. The Bertz CT molecular complexity index is 240. The zero-order valence-corrected chi connectivity index (χ0v) is 5.63. The van der Waals surface area contributed by atoms with Crippen LogP contribution in [0.1, 0.15) is 12.7 Å². The molecule has 7 heteroatoms. The van der Waals surface area contributed by atoms with Crippen molar-refractivity contribution in [2.45, 2.75) is 19.6 Å². The summed E-state index contributed by atoms with van der Waals surface area (Å²) in [5.74, 6) is -1.06. The molecule has 0 bridgehead atoms. The van der Waals surface area contributed by atoms with Gasteiger partial charge in [-0.25, -0.2) is 4.68 Å². The highest BCUT2D eigenvalue weighted by molar-refractivity contribution is 4.86. The number of aromatic nitrogens is 4. The highest BCUT2D eigenvalue weighted by Crippen LogP contribution is 2.26. The fourth-order valence-electron chi connectivity index (χ4n) is 0.621. The molecule has 1 heterocycles. The summed E-state index contributed by atoms with van der Waals surface area (Å²) in [7, 11) is 0. The summed E-state index contributed by atoms with van der Waals surface area (Å²) < 4.78 is 36.4. The molecule has 0 N–H and O–H groups in total. The van der Waals surface area contributed by atoms with Crippen LogP contribution in [0, 0.1) is 0 Å². The Hall–Kier alpha value is -1.14. The number of halogens is 3. The molecule has 0 unspecified atom stereocenters. The van der Waals surface area contributed by atoms with Gasteiger partial charge in [-0.2, -0.15) is 13.2 Å². The van der Waals surface area contributed by atoms with E-state index in [2.05, 4.69) is 15.5 Å². The zero-order valence-electron chi connectivity index (χ0n) is 5.63. The third kappa shape index (κ3) is 1.47. The van der Waals surface area contributed by atoms with Gasteiger partial charge in [0.1, 0.15) is 0 Å². The number of tetrazole rings is 1. The van der Waals surface area contributed by atoms with Crippen LogP contribution in [0.25, 0.3) is 0 Å². The minimum absolute atomic E-state index is 0.113. The molecule has 1 rings (SSSR count). The monoisotopic (exact) mass is 166 g/mol. The average Bonchev–Trinajstić information content (AvgIpc) is 2.31. The molecule has 0 amide bonds. The standard InChI is InChI=1S/C4H5F3N4/c1-2-11-3(4(5,6)7)8-9-10-11/h2H2,1H3. The van der Waals surface area contributed by atoms with E-state index in [0.717, 1.165) is 0 Å². The minimum atomic E-state index is -4.46. The van der Waals surface area contributed by atoms with Crippen molar-refractivity contribution in [3.63, 3.8) is 0 Å². The first-order chi connectivity index (χ1) is 5.05. The zero-order chi connectivity index (χ0) is 8.48. The van der Waals surface area contributed by atoms with Gasteiger partial charge in [-0.15, -0.1) is 5.10 Å². The predicted octanol–water partition coefficient (Wildman–Crippen LogP) is 0.712. The molecule has 0 saturated heterocycles. The first-order valence-electron chi connectivity index (χ1n) is 2.89. The lowest BCUT2D eigenvalue weighted by Gasteiger charge is -2.03. The summed E-state index contributed by atoms with van der Waals surface area (Å²) in [5.41, 5.74) is 0. The summed E-state index contributed by atoms with van der Waals surface area (Å²) in [6, 6.07) is 0. The quantitative estimate of drug-likeness (QED) is 0.617.